The highest BCUT2D eigenvalue weighted by molar-refractivity contribution is 7.98. The summed E-state index contributed by atoms with van der Waals surface area (Å²) >= 11 is 1.71. The molecule has 0 bridgehead atoms. The molecule has 1 atom stereocenters. The van der Waals surface area contributed by atoms with E-state index in [0.717, 1.165) is 43.2 Å². The normalized spacial score (nSPS) is 19.1. The lowest BCUT2D eigenvalue weighted by Crippen LogP contribution is -2.51. The molecule has 0 aliphatic carbocycles. The number of nitrogens with zero attached hydrogens (tertiary/aromatic N) is 3. The lowest BCUT2D eigenvalue weighted by molar-refractivity contribution is -0.129. The number of rotatable bonds is 5. The number of carbonyl (C=O) groups is 1. The van der Waals surface area contributed by atoms with Gasteiger partial charge in [0, 0.05) is 24.9 Å². The first-order valence-corrected chi connectivity index (χ1v) is 9.17. The fraction of sp³-hybridized carbons (Fsp3) is 0.688. The van der Waals surface area contributed by atoms with Crippen LogP contribution in [0.5, 0.6) is 0 Å². The SMILES string of the molecule is CSCC(C)(C)C(=O)NC1CCCN(c2ccc(C)nn2)C1. The van der Waals surface area contributed by atoms with Crippen molar-refractivity contribution in [2.75, 3.05) is 30.0 Å². The largest absolute Gasteiger partial charge is 0.353 e. The van der Waals surface area contributed by atoms with Crippen molar-refractivity contribution in [3.8, 4) is 0 Å². The van der Waals surface area contributed by atoms with Crippen LogP contribution in [0.25, 0.3) is 0 Å². The molecule has 1 saturated heterocycles. The van der Waals surface area contributed by atoms with Crippen LogP contribution in [0, 0.1) is 12.3 Å². The van der Waals surface area contributed by atoms with Crippen molar-refractivity contribution < 1.29 is 4.79 Å². The Labute approximate surface area is 137 Å². The van der Waals surface area contributed by atoms with Crippen LogP contribution in [0.3, 0.4) is 0 Å². The molecule has 1 amide bonds. The van der Waals surface area contributed by atoms with Crippen LogP contribution in [-0.2, 0) is 4.79 Å². The van der Waals surface area contributed by atoms with E-state index in [1.165, 1.54) is 0 Å². The molecule has 1 aliphatic rings. The summed E-state index contributed by atoms with van der Waals surface area (Å²) in [5.41, 5.74) is 0.593. The number of aryl methyl sites for hydroxylation is 1. The van der Waals surface area contributed by atoms with Crippen LogP contribution in [0.1, 0.15) is 32.4 Å². The minimum Gasteiger partial charge on any atom is -0.353 e. The standard InChI is InChI=1S/C16H26N4OS/c1-12-7-8-14(19-18-12)20-9-5-6-13(10-20)17-15(21)16(2,3)11-22-4/h7-8,13H,5-6,9-11H2,1-4H3,(H,17,21). The molecule has 2 heterocycles. The lowest BCUT2D eigenvalue weighted by Gasteiger charge is -2.35. The van der Waals surface area contributed by atoms with Crippen LogP contribution in [0.4, 0.5) is 5.82 Å². The number of anilines is 1. The third-order valence-corrected chi connectivity index (χ3v) is 4.99. The fourth-order valence-corrected chi connectivity index (χ4v) is 3.52. The summed E-state index contributed by atoms with van der Waals surface area (Å²) < 4.78 is 0. The molecule has 0 saturated carbocycles. The van der Waals surface area contributed by atoms with Gasteiger partial charge in [-0.1, -0.05) is 13.8 Å². The Hall–Kier alpha value is -1.30. The van der Waals surface area contributed by atoms with Gasteiger partial charge in [-0.2, -0.15) is 16.9 Å². The molecule has 0 radical (unpaired) electrons. The summed E-state index contributed by atoms with van der Waals surface area (Å²) in [5, 5.41) is 11.6. The molecule has 0 spiro atoms. The van der Waals surface area contributed by atoms with E-state index in [4.69, 9.17) is 0 Å². The molecule has 1 aromatic heterocycles. The Morgan fingerprint density at radius 1 is 1.45 bits per heavy atom. The average Bonchev–Trinajstić information content (AvgIpc) is 2.48. The van der Waals surface area contributed by atoms with E-state index >= 15 is 0 Å². The zero-order valence-corrected chi connectivity index (χ0v) is 14.7. The van der Waals surface area contributed by atoms with Gasteiger partial charge in [0.15, 0.2) is 5.82 Å². The van der Waals surface area contributed by atoms with Gasteiger partial charge in [0.2, 0.25) is 5.91 Å². The highest BCUT2D eigenvalue weighted by atomic mass is 32.2. The van der Waals surface area contributed by atoms with Gasteiger partial charge in [0.1, 0.15) is 0 Å². The van der Waals surface area contributed by atoms with Crippen LogP contribution in [0.15, 0.2) is 12.1 Å². The first kappa shape index (κ1) is 17.1. The predicted octanol–water partition coefficient (Wildman–Crippen LogP) is 2.26. The van der Waals surface area contributed by atoms with Crippen LogP contribution in [-0.4, -0.2) is 47.2 Å². The Kier molecular flexibility index (Phi) is 5.67. The molecule has 1 N–H and O–H groups in total. The topological polar surface area (TPSA) is 58.1 Å². The van der Waals surface area contributed by atoms with Crippen molar-refractivity contribution in [3.63, 3.8) is 0 Å². The van der Waals surface area contributed by atoms with Crippen molar-refractivity contribution >= 4 is 23.5 Å². The van der Waals surface area contributed by atoms with Gasteiger partial charge in [0.05, 0.1) is 11.1 Å². The van der Waals surface area contributed by atoms with E-state index in [2.05, 4.69) is 20.4 Å². The van der Waals surface area contributed by atoms with E-state index in [1.807, 2.05) is 39.2 Å². The first-order valence-electron chi connectivity index (χ1n) is 7.77. The van der Waals surface area contributed by atoms with Gasteiger partial charge in [0.25, 0.3) is 0 Å². The monoisotopic (exact) mass is 322 g/mol. The Bertz CT molecular complexity index is 503. The molecule has 2 rings (SSSR count). The maximum atomic E-state index is 12.4. The zero-order valence-electron chi connectivity index (χ0n) is 13.9. The third-order valence-electron chi connectivity index (χ3n) is 3.98. The second-order valence-corrected chi connectivity index (χ2v) is 7.47. The van der Waals surface area contributed by atoms with Crippen LogP contribution in [0.2, 0.25) is 0 Å². The summed E-state index contributed by atoms with van der Waals surface area (Å²) in [6.45, 7) is 7.72. The number of amides is 1. The minimum atomic E-state index is -0.328. The summed E-state index contributed by atoms with van der Waals surface area (Å²) in [7, 11) is 0. The van der Waals surface area contributed by atoms with Gasteiger partial charge in [-0.25, -0.2) is 0 Å². The van der Waals surface area contributed by atoms with Crippen molar-refractivity contribution in [1.82, 2.24) is 15.5 Å². The Balaban J connectivity index is 1.96. The molecule has 0 aromatic carbocycles. The van der Waals surface area contributed by atoms with E-state index in [1.54, 1.807) is 11.8 Å². The number of aromatic nitrogens is 2. The highest BCUT2D eigenvalue weighted by Gasteiger charge is 2.30. The smallest absolute Gasteiger partial charge is 0.226 e. The van der Waals surface area contributed by atoms with Crippen molar-refractivity contribution in [1.29, 1.82) is 0 Å². The summed E-state index contributed by atoms with van der Waals surface area (Å²) in [6, 6.07) is 4.17. The quantitative estimate of drug-likeness (QED) is 0.901. The lowest BCUT2D eigenvalue weighted by atomic mass is 9.94. The van der Waals surface area contributed by atoms with Gasteiger partial charge < -0.3 is 10.2 Å². The number of carbonyl (C=O) groups excluding carboxylic acids is 1. The van der Waals surface area contributed by atoms with E-state index in [9.17, 15) is 4.79 Å². The number of piperidine rings is 1. The predicted molar refractivity (Wildman–Crippen MR) is 92.3 cm³/mol. The molecule has 1 aromatic rings. The van der Waals surface area contributed by atoms with Crippen molar-refractivity contribution in [3.05, 3.63) is 17.8 Å². The molecule has 6 heteroatoms. The maximum absolute atomic E-state index is 12.4. The molecule has 1 unspecified atom stereocenters. The van der Waals surface area contributed by atoms with Gasteiger partial charge >= 0.3 is 0 Å². The average molecular weight is 322 g/mol. The third kappa shape index (κ3) is 4.35. The first-order chi connectivity index (χ1) is 10.4. The van der Waals surface area contributed by atoms with E-state index in [0.29, 0.717) is 0 Å². The second kappa shape index (κ2) is 7.31. The van der Waals surface area contributed by atoms with E-state index < -0.39 is 0 Å². The molecular formula is C16H26N4OS. The number of nitrogens with one attached hydrogen (secondary N) is 1. The molecule has 1 aliphatic heterocycles. The number of hydrogen-bond acceptors (Lipinski definition) is 5. The number of hydrogen-bond donors (Lipinski definition) is 1. The van der Waals surface area contributed by atoms with E-state index in [-0.39, 0.29) is 17.4 Å². The zero-order chi connectivity index (χ0) is 16.2. The van der Waals surface area contributed by atoms with Crippen LogP contribution >= 0.6 is 11.8 Å². The second-order valence-electron chi connectivity index (χ2n) is 6.61. The molecule has 5 nitrogen and oxygen atoms in total. The molecule has 22 heavy (non-hydrogen) atoms. The number of thioether (sulfide) groups is 1. The van der Waals surface area contributed by atoms with Crippen molar-refractivity contribution in [2.45, 2.75) is 39.7 Å². The summed E-state index contributed by atoms with van der Waals surface area (Å²) in [5.74, 6) is 1.87. The van der Waals surface area contributed by atoms with Crippen molar-refractivity contribution in [2.24, 2.45) is 5.41 Å². The molecule has 1 fully saturated rings. The Morgan fingerprint density at radius 3 is 2.86 bits per heavy atom. The van der Waals surface area contributed by atoms with Gasteiger partial charge in [-0.15, -0.1) is 5.10 Å². The summed E-state index contributed by atoms with van der Waals surface area (Å²) in [4.78, 5) is 14.7. The minimum absolute atomic E-state index is 0.142. The maximum Gasteiger partial charge on any atom is 0.226 e. The summed E-state index contributed by atoms with van der Waals surface area (Å²) in [6.07, 6.45) is 4.12. The molecular weight excluding hydrogens is 296 g/mol. The Morgan fingerprint density at radius 2 is 2.23 bits per heavy atom. The fourth-order valence-electron chi connectivity index (χ4n) is 2.67. The van der Waals surface area contributed by atoms with Crippen LogP contribution < -0.4 is 10.2 Å². The van der Waals surface area contributed by atoms with Gasteiger partial charge in [-0.3, -0.25) is 4.79 Å². The van der Waals surface area contributed by atoms with Gasteiger partial charge in [-0.05, 0) is 38.2 Å². The highest BCUT2D eigenvalue weighted by Crippen LogP contribution is 2.22. The molecule has 122 valence electrons.